The van der Waals surface area contributed by atoms with Crippen LogP contribution in [0.15, 0.2) is 0 Å². The van der Waals surface area contributed by atoms with Crippen LogP contribution < -0.4 is 0 Å². The fourth-order valence-electron chi connectivity index (χ4n) is 3.47. The summed E-state index contributed by atoms with van der Waals surface area (Å²) < 4.78 is 32.4. The molecule has 0 aliphatic heterocycles. The van der Waals surface area contributed by atoms with E-state index in [-0.39, 0.29) is 6.10 Å². The topological polar surface area (TPSA) is 74.6 Å². The van der Waals surface area contributed by atoms with Crippen molar-refractivity contribution in [1.82, 2.24) is 0 Å². The Bertz CT molecular complexity index is 393. The fourth-order valence-corrected chi connectivity index (χ4v) is 4.40. The van der Waals surface area contributed by atoms with Crippen molar-refractivity contribution in [1.29, 1.82) is 0 Å². The van der Waals surface area contributed by atoms with E-state index in [4.69, 9.17) is 0 Å². The van der Waals surface area contributed by atoms with Gasteiger partial charge in [-0.3, -0.25) is 4.55 Å². The van der Waals surface area contributed by atoms with Gasteiger partial charge in [-0.25, -0.2) is 0 Å². The summed E-state index contributed by atoms with van der Waals surface area (Å²) in [7, 11) is -3.89. The van der Waals surface area contributed by atoms with Gasteiger partial charge in [0.05, 0.1) is 11.4 Å². The smallest absolute Gasteiger partial charge is 0.267 e. The second kappa shape index (κ2) is 17.0. The highest BCUT2D eigenvalue weighted by Crippen LogP contribution is 2.19. The highest BCUT2D eigenvalue weighted by atomic mass is 32.2. The van der Waals surface area contributed by atoms with Gasteiger partial charge in [-0.15, -0.1) is 0 Å². The van der Waals surface area contributed by atoms with Crippen molar-refractivity contribution >= 4 is 10.1 Å². The molecule has 2 N–H and O–H groups in total. The van der Waals surface area contributed by atoms with Crippen LogP contribution in [-0.4, -0.2) is 29.4 Å². The average Bonchev–Trinajstić information content (AvgIpc) is 2.56. The first kappa shape index (κ1) is 25.9. The van der Waals surface area contributed by atoms with E-state index in [0.29, 0.717) is 12.8 Å². The summed E-state index contributed by atoms with van der Waals surface area (Å²) in [5.41, 5.74) is 0. The first-order chi connectivity index (χ1) is 12.4. The number of aliphatic hydroxyl groups is 1. The predicted octanol–water partition coefficient (Wildman–Crippen LogP) is 6.28. The highest BCUT2D eigenvalue weighted by Gasteiger charge is 2.21. The summed E-state index contributed by atoms with van der Waals surface area (Å²) >= 11 is 0. The average molecular weight is 393 g/mol. The van der Waals surface area contributed by atoms with Crippen LogP contribution in [0.3, 0.4) is 0 Å². The van der Waals surface area contributed by atoms with Crippen LogP contribution in [0.4, 0.5) is 0 Å². The molecule has 0 amide bonds. The molecule has 0 aliphatic rings. The van der Waals surface area contributed by atoms with E-state index in [0.717, 1.165) is 57.8 Å². The number of unbranched alkanes of at least 4 members (excludes halogenated alkanes) is 12. The lowest BCUT2D eigenvalue weighted by Crippen LogP contribution is -2.20. The summed E-state index contributed by atoms with van der Waals surface area (Å²) in [5.74, 6) is 0. The molecule has 4 nitrogen and oxygen atoms in total. The Hall–Kier alpha value is -0.130. The molecule has 26 heavy (non-hydrogen) atoms. The van der Waals surface area contributed by atoms with Gasteiger partial charge in [0.15, 0.2) is 0 Å². The largest absolute Gasteiger partial charge is 0.393 e. The van der Waals surface area contributed by atoms with Gasteiger partial charge in [-0.05, 0) is 26.2 Å². The molecule has 2 unspecified atom stereocenters. The number of hydrogen-bond acceptors (Lipinski definition) is 3. The number of rotatable bonds is 19. The van der Waals surface area contributed by atoms with Crippen LogP contribution >= 0.6 is 0 Å². The minimum atomic E-state index is -3.89. The van der Waals surface area contributed by atoms with Gasteiger partial charge < -0.3 is 5.11 Å². The lowest BCUT2D eigenvalue weighted by atomic mass is 10.0. The molecule has 0 aromatic heterocycles. The van der Waals surface area contributed by atoms with Gasteiger partial charge >= 0.3 is 0 Å². The molecule has 0 bridgehead atoms. The van der Waals surface area contributed by atoms with Crippen molar-refractivity contribution in [2.45, 2.75) is 134 Å². The lowest BCUT2D eigenvalue weighted by molar-refractivity contribution is 0.180. The molecule has 0 saturated heterocycles. The molecule has 0 radical (unpaired) electrons. The third-order valence-corrected chi connectivity index (χ3v) is 6.51. The molecule has 0 rings (SSSR count). The molecule has 0 aromatic rings. The van der Waals surface area contributed by atoms with Gasteiger partial charge in [0.1, 0.15) is 0 Å². The van der Waals surface area contributed by atoms with Crippen molar-refractivity contribution < 1.29 is 18.1 Å². The molecule has 0 heterocycles. The highest BCUT2D eigenvalue weighted by molar-refractivity contribution is 7.86. The van der Waals surface area contributed by atoms with Crippen molar-refractivity contribution in [3.05, 3.63) is 0 Å². The maximum Gasteiger partial charge on any atom is 0.267 e. The summed E-state index contributed by atoms with van der Waals surface area (Å²) in [6, 6.07) is 0. The first-order valence-electron chi connectivity index (χ1n) is 11.0. The van der Waals surface area contributed by atoms with Crippen molar-refractivity contribution in [3.63, 3.8) is 0 Å². The van der Waals surface area contributed by atoms with E-state index in [1.165, 1.54) is 38.5 Å². The Kier molecular flexibility index (Phi) is 16.9. The molecular formula is C21H44O4S. The van der Waals surface area contributed by atoms with Crippen LogP contribution in [0.1, 0.15) is 123 Å². The van der Waals surface area contributed by atoms with Crippen LogP contribution in [-0.2, 0) is 10.1 Å². The van der Waals surface area contributed by atoms with Gasteiger partial charge in [-0.2, -0.15) is 8.42 Å². The zero-order valence-corrected chi connectivity index (χ0v) is 18.1. The Balaban J connectivity index is 3.55. The van der Waals surface area contributed by atoms with Gasteiger partial charge in [0, 0.05) is 0 Å². The third kappa shape index (κ3) is 17.3. The molecule has 0 fully saturated rings. The summed E-state index contributed by atoms with van der Waals surface area (Å²) in [6.45, 7) is 3.99. The second-order valence-corrected chi connectivity index (χ2v) is 9.64. The first-order valence-corrected chi connectivity index (χ1v) is 12.5. The Morgan fingerprint density at radius 2 is 1.00 bits per heavy atom. The van der Waals surface area contributed by atoms with Crippen LogP contribution in [0.5, 0.6) is 0 Å². The molecular weight excluding hydrogens is 348 g/mol. The maximum absolute atomic E-state index is 11.5. The van der Waals surface area contributed by atoms with Crippen molar-refractivity contribution in [3.8, 4) is 0 Å². The zero-order chi connectivity index (χ0) is 19.7. The molecule has 2 atom stereocenters. The molecule has 0 saturated carbocycles. The van der Waals surface area contributed by atoms with Gasteiger partial charge in [-0.1, -0.05) is 96.8 Å². The zero-order valence-electron chi connectivity index (χ0n) is 17.3. The molecule has 0 aromatic carbocycles. The summed E-state index contributed by atoms with van der Waals surface area (Å²) in [4.78, 5) is 0. The van der Waals surface area contributed by atoms with Crippen LogP contribution in [0, 0.1) is 0 Å². The molecule has 5 heteroatoms. The van der Waals surface area contributed by atoms with E-state index in [1.54, 1.807) is 0 Å². The van der Waals surface area contributed by atoms with Gasteiger partial charge in [0.2, 0.25) is 0 Å². The van der Waals surface area contributed by atoms with Crippen LogP contribution in [0.2, 0.25) is 0 Å². The van der Waals surface area contributed by atoms with Gasteiger partial charge in [0.25, 0.3) is 10.1 Å². The Morgan fingerprint density at radius 1 is 0.654 bits per heavy atom. The van der Waals surface area contributed by atoms with Crippen molar-refractivity contribution in [2.75, 3.05) is 0 Å². The Labute approximate surface area is 162 Å². The van der Waals surface area contributed by atoms with E-state index in [9.17, 15) is 18.1 Å². The molecule has 158 valence electrons. The second-order valence-electron chi connectivity index (χ2n) is 7.95. The number of aliphatic hydroxyl groups excluding tert-OH is 1. The minimum absolute atomic E-state index is 0.160. The molecule has 0 aliphatic carbocycles. The van der Waals surface area contributed by atoms with E-state index in [2.05, 4.69) is 6.92 Å². The SMILES string of the molecule is CCCCCCC(CCCCCCCCCCCCC(C)O)S(=O)(=O)O. The minimum Gasteiger partial charge on any atom is -0.393 e. The third-order valence-electron chi connectivity index (χ3n) is 5.20. The predicted molar refractivity (Wildman–Crippen MR) is 111 cm³/mol. The lowest BCUT2D eigenvalue weighted by Gasteiger charge is -2.13. The summed E-state index contributed by atoms with van der Waals surface area (Å²) in [6.07, 6.45) is 18.0. The van der Waals surface area contributed by atoms with E-state index in [1.807, 2.05) is 6.92 Å². The van der Waals surface area contributed by atoms with Crippen LogP contribution in [0.25, 0.3) is 0 Å². The van der Waals surface area contributed by atoms with Crippen molar-refractivity contribution in [2.24, 2.45) is 0 Å². The fraction of sp³-hybridized carbons (Fsp3) is 1.00. The quantitative estimate of drug-likeness (QED) is 0.200. The van der Waals surface area contributed by atoms with E-state index < -0.39 is 15.4 Å². The number of hydrogen-bond donors (Lipinski definition) is 2. The molecule has 0 spiro atoms. The summed E-state index contributed by atoms with van der Waals surface area (Å²) in [5, 5.41) is 8.64. The standard InChI is InChI=1S/C21H44O4S/c1-3-4-5-15-18-21(26(23,24)25)19-16-13-11-9-7-6-8-10-12-14-17-20(2)22/h20-22H,3-19H2,1-2H3,(H,23,24,25). The normalized spacial score (nSPS) is 14.5. The maximum atomic E-state index is 11.5. The monoisotopic (exact) mass is 392 g/mol. The van der Waals surface area contributed by atoms with E-state index >= 15 is 0 Å². The Morgan fingerprint density at radius 3 is 1.35 bits per heavy atom.